The van der Waals surface area contributed by atoms with Gasteiger partial charge in [-0.05, 0) is 43.3 Å². The minimum atomic E-state index is -0.172. The van der Waals surface area contributed by atoms with Crippen molar-refractivity contribution in [3.8, 4) is 5.75 Å². The predicted octanol–water partition coefficient (Wildman–Crippen LogP) is 3.73. The lowest BCUT2D eigenvalue weighted by Crippen LogP contribution is -2.22. The van der Waals surface area contributed by atoms with Gasteiger partial charge in [-0.2, -0.15) is 0 Å². The highest BCUT2D eigenvalue weighted by Crippen LogP contribution is 2.23. The first-order chi connectivity index (χ1) is 12.5. The Morgan fingerprint density at radius 3 is 2.27 bits per heavy atom. The number of benzene rings is 2. The van der Waals surface area contributed by atoms with Gasteiger partial charge in [-0.15, -0.1) is 0 Å². The lowest BCUT2D eigenvalue weighted by Gasteiger charge is -2.12. The second-order valence-corrected chi connectivity index (χ2v) is 6.05. The summed E-state index contributed by atoms with van der Waals surface area (Å²) < 4.78 is 5.49. The first-order valence-electron chi connectivity index (χ1n) is 8.66. The van der Waals surface area contributed by atoms with E-state index in [9.17, 15) is 9.59 Å². The SMILES string of the molecule is CCOc1ccccc1NC(=O)CNc1ccc(NC(=O)C(C)C)cc1. The highest BCUT2D eigenvalue weighted by Gasteiger charge is 2.08. The maximum atomic E-state index is 12.1. The van der Waals surface area contributed by atoms with Crippen LogP contribution in [0.3, 0.4) is 0 Å². The Labute approximate surface area is 153 Å². The molecule has 2 aromatic carbocycles. The second-order valence-electron chi connectivity index (χ2n) is 6.05. The van der Waals surface area contributed by atoms with Gasteiger partial charge < -0.3 is 20.7 Å². The van der Waals surface area contributed by atoms with Crippen molar-refractivity contribution in [1.29, 1.82) is 0 Å². The van der Waals surface area contributed by atoms with E-state index in [1.54, 1.807) is 18.2 Å². The van der Waals surface area contributed by atoms with Gasteiger partial charge in [-0.25, -0.2) is 0 Å². The molecule has 0 fully saturated rings. The largest absolute Gasteiger partial charge is 0.492 e. The minimum Gasteiger partial charge on any atom is -0.492 e. The van der Waals surface area contributed by atoms with Gasteiger partial charge in [-0.1, -0.05) is 26.0 Å². The van der Waals surface area contributed by atoms with Crippen molar-refractivity contribution in [1.82, 2.24) is 0 Å². The molecule has 3 N–H and O–H groups in total. The van der Waals surface area contributed by atoms with Crippen LogP contribution in [0.4, 0.5) is 17.1 Å². The van der Waals surface area contributed by atoms with E-state index >= 15 is 0 Å². The topological polar surface area (TPSA) is 79.5 Å². The molecule has 2 aromatic rings. The summed E-state index contributed by atoms with van der Waals surface area (Å²) in [4.78, 5) is 23.8. The van der Waals surface area contributed by atoms with Crippen LogP contribution in [-0.4, -0.2) is 25.0 Å². The lowest BCUT2D eigenvalue weighted by atomic mass is 10.2. The Bertz CT molecular complexity index is 742. The van der Waals surface area contributed by atoms with Crippen molar-refractivity contribution in [2.45, 2.75) is 20.8 Å². The number of para-hydroxylation sites is 2. The predicted molar refractivity (Wildman–Crippen MR) is 105 cm³/mol. The summed E-state index contributed by atoms with van der Waals surface area (Å²) in [5.74, 6) is 0.372. The third-order valence-corrected chi connectivity index (χ3v) is 3.59. The van der Waals surface area contributed by atoms with Gasteiger partial charge in [0.15, 0.2) is 0 Å². The van der Waals surface area contributed by atoms with Crippen LogP contribution in [0.2, 0.25) is 0 Å². The Kier molecular flexibility index (Phi) is 7.02. The molecule has 0 spiro atoms. The van der Waals surface area contributed by atoms with Crippen molar-refractivity contribution in [3.05, 3.63) is 48.5 Å². The average molecular weight is 355 g/mol. The van der Waals surface area contributed by atoms with E-state index < -0.39 is 0 Å². The molecular formula is C20H25N3O3. The van der Waals surface area contributed by atoms with Crippen LogP contribution in [0.25, 0.3) is 0 Å². The molecule has 0 aromatic heterocycles. The molecule has 0 atom stereocenters. The molecule has 0 bridgehead atoms. The number of rotatable bonds is 8. The monoisotopic (exact) mass is 355 g/mol. The molecule has 0 aliphatic carbocycles. The molecule has 0 unspecified atom stereocenters. The number of amides is 2. The third kappa shape index (κ3) is 5.81. The maximum absolute atomic E-state index is 12.1. The molecule has 0 aliphatic rings. The number of carbonyl (C=O) groups is 2. The van der Waals surface area contributed by atoms with E-state index in [0.717, 1.165) is 11.4 Å². The second kappa shape index (κ2) is 9.46. The Balaban J connectivity index is 1.87. The summed E-state index contributed by atoms with van der Waals surface area (Å²) in [6.07, 6.45) is 0. The fourth-order valence-electron chi connectivity index (χ4n) is 2.19. The quantitative estimate of drug-likeness (QED) is 0.674. The summed E-state index contributed by atoms with van der Waals surface area (Å²) in [5.41, 5.74) is 2.16. The Morgan fingerprint density at radius 2 is 1.62 bits per heavy atom. The summed E-state index contributed by atoms with van der Waals surface area (Å²) in [7, 11) is 0. The van der Waals surface area contributed by atoms with E-state index in [2.05, 4.69) is 16.0 Å². The summed E-state index contributed by atoms with van der Waals surface area (Å²) in [6.45, 7) is 6.23. The third-order valence-electron chi connectivity index (χ3n) is 3.59. The molecule has 2 amide bonds. The smallest absolute Gasteiger partial charge is 0.243 e. The van der Waals surface area contributed by atoms with Crippen molar-refractivity contribution in [2.24, 2.45) is 5.92 Å². The number of hydrogen-bond donors (Lipinski definition) is 3. The van der Waals surface area contributed by atoms with Crippen LogP contribution in [0.5, 0.6) is 5.75 Å². The van der Waals surface area contributed by atoms with Gasteiger partial charge >= 0.3 is 0 Å². The van der Waals surface area contributed by atoms with Gasteiger partial charge in [0.1, 0.15) is 5.75 Å². The minimum absolute atomic E-state index is 0.0296. The fourth-order valence-corrected chi connectivity index (χ4v) is 2.19. The van der Waals surface area contributed by atoms with Crippen molar-refractivity contribution >= 4 is 28.9 Å². The number of carbonyl (C=O) groups excluding carboxylic acids is 2. The first-order valence-corrected chi connectivity index (χ1v) is 8.66. The standard InChI is InChI=1S/C20H25N3O3/c1-4-26-18-8-6-5-7-17(18)23-19(24)13-21-15-9-11-16(12-10-15)22-20(25)14(2)3/h5-12,14,21H,4,13H2,1-3H3,(H,22,25)(H,23,24). The molecular weight excluding hydrogens is 330 g/mol. The van der Waals surface area contributed by atoms with Gasteiger partial charge in [0.25, 0.3) is 0 Å². The molecule has 0 saturated heterocycles. The van der Waals surface area contributed by atoms with Gasteiger partial charge in [0.2, 0.25) is 11.8 Å². The molecule has 0 heterocycles. The lowest BCUT2D eigenvalue weighted by molar-refractivity contribution is -0.119. The highest BCUT2D eigenvalue weighted by atomic mass is 16.5. The van der Waals surface area contributed by atoms with Crippen LogP contribution < -0.4 is 20.7 Å². The van der Waals surface area contributed by atoms with Crippen LogP contribution in [0.15, 0.2) is 48.5 Å². The van der Waals surface area contributed by atoms with Gasteiger partial charge in [-0.3, -0.25) is 9.59 Å². The summed E-state index contributed by atoms with van der Waals surface area (Å²) >= 11 is 0. The first kappa shape index (κ1) is 19.3. The molecule has 0 radical (unpaired) electrons. The molecule has 0 saturated carbocycles. The number of nitrogens with one attached hydrogen (secondary N) is 3. The molecule has 138 valence electrons. The van der Waals surface area contributed by atoms with Crippen molar-refractivity contribution in [2.75, 3.05) is 29.1 Å². The van der Waals surface area contributed by atoms with Gasteiger partial charge in [0, 0.05) is 17.3 Å². The van der Waals surface area contributed by atoms with Crippen LogP contribution in [0, 0.1) is 5.92 Å². The van der Waals surface area contributed by atoms with E-state index in [1.165, 1.54) is 0 Å². The number of ether oxygens (including phenoxy) is 1. The van der Waals surface area contributed by atoms with E-state index in [0.29, 0.717) is 18.0 Å². The zero-order valence-electron chi connectivity index (χ0n) is 15.3. The van der Waals surface area contributed by atoms with Crippen LogP contribution in [0.1, 0.15) is 20.8 Å². The zero-order valence-corrected chi connectivity index (χ0v) is 15.3. The average Bonchev–Trinajstić information content (AvgIpc) is 2.63. The Morgan fingerprint density at radius 1 is 0.962 bits per heavy atom. The van der Waals surface area contributed by atoms with Crippen molar-refractivity contribution in [3.63, 3.8) is 0 Å². The maximum Gasteiger partial charge on any atom is 0.243 e. The molecule has 6 nitrogen and oxygen atoms in total. The normalized spacial score (nSPS) is 10.3. The molecule has 6 heteroatoms. The fraction of sp³-hybridized carbons (Fsp3) is 0.300. The van der Waals surface area contributed by atoms with Gasteiger partial charge in [0.05, 0.1) is 18.8 Å². The molecule has 26 heavy (non-hydrogen) atoms. The van der Waals surface area contributed by atoms with Crippen LogP contribution >= 0.6 is 0 Å². The van der Waals surface area contributed by atoms with Crippen molar-refractivity contribution < 1.29 is 14.3 Å². The number of anilines is 3. The molecule has 0 aliphatic heterocycles. The van der Waals surface area contributed by atoms with E-state index in [1.807, 2.05) is 51.1 Å². The summed E-state index contributed by atoms with van der Waals surface area (Å²) in [5, 5.41) is 8.71. The van der Waals surface area contributed by atoms with Crippen LogP contribution in [-0.2, 0) is 9.59 Å². The van der Waals surface area contributed by atoms with E-state index in [4.69, 9.17) is 4.74 Å². The van der Waals surface area contributed by atoms with E-state index in [-0.39, 0.29) is 24.3 Å². The summed E-state index contributed by atoms with van der Waals surface area (Å²) in [6, 6.07) is 14.5. The highest BCUT2D eigenvalue weighted by molar-refractivity contribution is 5.95. The molecule has 2 rings (SSSR count). The zero-order chi connectivity index (χ0) is 18.9. The number of hydrogen-bond acceptors (Lipinski definition) is 4. The Hall–Kier alpha value is -3.02.